The molecule has 1 heterocycles. The summed E-state index contributed by atoms with van der Waals surface area (Å²) in [7, 11) is 0. The zero-order chi connectivity index (χ0) is 14.0. The van der Waals surface area contributed by atoms with Crippen molar-refractivity contribution in [2.24, 2.45) is 0 Å². The van der Waals surface area contributed by atoms with Gasteiger partial charge in [-0.15, -0.1) is 0 Å². The van der Waals surface area contributed by atoms with E-state index in [0.717, 1.165) is 22.2 Å². The van der Waals surface area contributed by atoms with E-state index >= 15 is 0 Å². The van der Waals surface area contributed by atoms with Crippen LogP contribution in [-0.2, 0) is 16.0 Å². The van der Waals surface area contributed by atoms with Gasteiger partial charge in [0.05, 0.1) is 6.42 Å². The predicted octanol–water partition coefficient (Wildman–Crippen LogP) is 1.61. The number of benzene rings is 1. The van der Waals surface area contributed by atoms with Crippen LogP contribution in [0.4, 0.5) is 0 Å². The number of para-hydroxylation sites is 1. The van der Waals surface area contributed by atoms with Gasteiger partial charge in [-0.05, 0) is 25.5 Å². The van der Waals surface area contributed by atoms with E-state index in [1.165, 1.54) is 6.92 Å². The Balaban J connectivity index is 2.19. The number of fused-ring (bicyclic) bond motifs is 1. The van der Waals surface area contributed by atoms with E-state index in [0.29, 0.717) is 0 Å². The van der Waals surface area contributed by atoms with E-state index in [1.807, 2.05) is 31.2 Å². The summed E-state index contributed by atoms with van der Waals surface area (Å²) in [5.41, 5.74) is 2.82. The van der Waals surface area contributed by atoms with Crippen molar-refractivity contribution in [3.8, 4) is 0 Å². The molecule has 3 N–H and O–H groups in total. The highest BCUT2D eigenvalue weighted by Crippen LogP contribution is 2.22. The van der Waals surface area contributed by atoms with Crippen molar-refractivity contribution in [3.63, 3.8) is 0 Å². The number of aliphatic carboxylic acids is 1. The standard InChI is InChI=1S/C14H16N2O3/c1-8-11(7-13(17)16-9(2)14(18)19)10-5-3-4-6-12(10)15-8/h3-6,9,15H,7H2,1-2H3,(H,16,17)(H,18,19). The van der Waals surface area contributed by atoms with Crippen molar-refractivity contribution in [2.45, 2.75) is 26.3 Å². The van der Waals surface area contributed by atoms with Crippen LogP contribution in [0, 0.1) is 6.92 Å². The molecule has 0 aliphatic heterocycles. The van der Waals surface area contributed by atoms with Crippen molar-refractivity contribution in [1.82, 2.24) is 10.3 Å². The second-order valence-electron chi connectivity index (χ2n) is 4.58. The molecular formula is C14H16N2O3. The summed E-state index contributed by atoms with van der Waals surface area (Å²) in [4.78, 5) is 25.7. The van der Waals surface area contributed by atoms with Gasteiger partial charge in [-0.1, -0.05) is 18.2 Å². The first kappa shape index (κ1) is 13.1. The lowest BCUT2D eigenvalue weighted by molar-refractivity contribution is -0.141. The lowest BCUT2D eigenvalue weighted by Gasteiger charge is -2.09. The van der Waals surface area contributed by atoms with E-state index in [-0.39, 0.29) is 12.3 Å². The Morgan fingerprint density at radius 1 is 1.37 bits per heavy atom. The van der Waals surface area contributed by atoms with E-state index in [9.17, 15) is 9.59 Å². The molecule has 0 saturated carbocycles. The van der Waals surface area contributed by atoms with E-state index in [1.54, 1.807) is 0 Å². The van der Waals surface area contributed by atoms with Gasteiger partial charge in [0.1, 0.15) is 6.04 Å². The zero-order valence-corrected chi connectivity index (χ0v) is 10.9. The largest absolute Gasteiger partial charge is 0.480 e. The number of hydrogen-bond acceptors (Lipinski definition) is 2. The van der Waals surface area contributed by atoms with E-state index < -0.39 is 12.0 Å². The molecule has 5 nitrogen and oxygen atoms in total. The third-order valence-electron chi connectivity index (χ3n) is 3.11. The molecule has 19 heavy (non-hydrogen) atoms. The molecule has 1 unspecified atom stereocenters. The van der Waals surface area contributed by atoms with Crippen molar-refractivity contribution in [3.05, 3.63) is 35.5 Å². The Morgan fingerprint density at radius 2 is 2.05 bits per heavy atom. The molecule has 0 aliphatic carbocycles. The Morgan fingerprint density at radius 3 is 2.74 bits per heavy atom. The van der Waals surface area contributed by atoms with Crippen molar-refractivity contribution in [2.75, 3.05) is 0 Å². The van der Waals surface area contributed by atoms with Crippen LogP contribution in [0.2, 0.25) is 0 Å². The lowest BCUT2D eigenvalue weighted by Crippen LogP contribution is -2.39. The average molecular weight is 260 g/mol. The minimum Gasteiger partial charge on any atom is -0.480 e. The molecule has 2 aromatic rings. The smallest absolute Gasteiger partial charge is 0.325 e. The topological polar surface area (TPSA) is 82.2 Å². The minimum atomic E-state index is -1.04. The predicted molar refractivity (Wildman–Crippen MR) is 72.0 cm³/mol. The molecule has 1 atom stereocenters. The second-order valence-corrected chi connectivity index (χ2v) is 4.58. The number of amides is 1. The quantitative estimate of drug-likeness (QED) is 0.781. The Hall–Kier alpha value is -2.30. The Bertz CT molecular complexity index is 631. The third kappa shape index (κ3) is 2.76. The summed E-state index contributed by atoms with van der Waals surface area (Å²) >= 11 is 0. The van der Waals surface area contributed by atoms with Gasteiger partial charge in [0.15, 0.2) is 0 Å². The molecule has 0 radical (unpaired) electrons. The van der Waals surface area contributed by atoms with Crippen LogP contribution >= 0.6 is 0 Å². The van der Waals surface area contributed by atoms with Gasteiger partial charge < -0.3 is 15.4 Å². The molecule has 0 saturated heterocycles. The van der Waals surface area contributed by atoms with E-state index in [2.05, 4.69) is 10.3 Å². The van der Waals surface area contributed by atoms with Gasteiger partial charge in [0.25, 0.3) is 0 Å². The molecular weight excluding hydrogens is 244 g/mol. The molecule has 0 fully saturated rings. The summed E-state index contributed by atoms with van der Waals surface area (Å²) in [6, 6.07) is 6.86. The first-order valence-corrected chi connectivity index (χ1v) is 6.07. The number of nitrogens with one attached hydrogen (secondary N) is 2. The summed E-state index contributed by atoms with van der Waals surface area (Å²) < 4.78 is 0. The third-order valence-corrected chi connectivity index (χ3v) is 3.11. The number of carbonyl (C=O) groups excluding carboxylic acids is 1. The fraction of sp³-hybridized carbons (Fsp3) is 0.286. The summed E-state index contributed by atoms with van der Waals surface area (Å²) in [5, 5.41) is 12.2. The highest BCUT2D eigenvalue weighted by atomic mass is 16.4. The SMILES string of the molecule is Cc1[nH]c2ccccc2c1CC(=O)NC(C)C(=O)O. The maximum absolute atomic E-state index is 11.8. The number of hydrogen-bond donors (Lipinski definition) is 3. The molecule has 0 spiro atoms. The van der Waals surface area contributed by atoms with Crippen LogP contribution in [0.3, 0.4) is 0 Å². The molecule has 1 aromatic heterocycles. The fourth-order valence-corrected chi connectivity index (χ4v) is 2.08. The Labute approximate surface area is 110 Å². The molecule has 2 rings (SSSR count). The lowest BCUT2D eigenvalue weighted by atomic mass is 10.1. The van der Waals surface area contributed by atoms with Gasteiger partial charge >= 0.3 is 5.97 Å². The highest BCUT2D eigenvalue weighted by molar-refractivity contribution is 5.91. The van der Waals surface area contributed by atoms with Crippen LogP contribution in [0.25, 0.3) is 10.9 Å². The number of carboxylic acid groups (broad SMARTS) is 1. The molecule has 1 amide bonds. The second kappa shape index (κ2) is 5.14. The fourth-order valence-electron chi connectivity index (χ4n) is 2.08. The van der Waals surface area contributed by atoms with Gasteiger partial charge in [0, 0.05) is 16.6 Å². The normalized spacial score (nSPS) is 12.3. The number of aromatic nitrogens is 1. The number of rotatable bonds is 4. The first-order chi connectivity index (χ1) is 8.99. The monoisotopic (exact) mass is 260 g/mol. The number of aryl methyl sites for hydroxylation is 1. The van der Waals surface area contributed by atoms with Crippen molar-refractivity contribution in [1.29, 1.82) is 0 Å². The summed E-state index contributed by atoms with van der Waals surface area (Å²) in [6.45, 7) is 3.35. The van der Waals surface area contributed by atoms with Gasteiger partial charge in [-0.3, -0.25) is 9.59 Å². The molecule has 0 aliphatic rings. The number of H-pyrrole nitrogens is 1. The zero-order valence-electron chi connectivity index (χ0n) is 10.9. The van der Waals surface area contributed by atoms with Crippen molar-refractivity contribution < 1.29 is 14.7 Å². The maximum Gasteiger partial charge on any atom is 0.325 e. The van der Waals surface area contributed by atoms with E-state index in [4.69, 9.17) is 5.11 Å². The van der Waals surface area contributed by atoms with Crippen LogP contribution in [0.15, 0.2) is 24.3 Å². The number of carboxylic acids is 1. The highest BCUT2D eigenvalue weighted by Gasteiger charge is 2.16. The van der Waals surface area contributed by atoms with Crippen LogP contribution in [0.5, 0.6) is 0 Å². The molecule has 0 bridgehead atoms. The summed E-state index contributed by atoms with van der Waals surface area (Å²) in [5.74, 6) is -1.33. The number of aromatic amines is 1. The maximum atomic E-state index is 11.8. The summed E-state index contributed by atoms with van der Waals surface area (Å²) in [6.07, 6.45) is 0.174. The van der Waals surface area contributed by atoms with Crippen LogP contribution in [0.1, 0.15) is 18.2 Å². The Kier molecular flexibility index (Phi) is 3.55. The van der Waals surface area contributed by atoms with Gasteiger partial charge in [-0.25, -0.2) is 0 Å². The van der Waals surface area contributed by atoms with Gasteiger partial charge in [0.2, 0.25) is 5.91 Å². The minimum absolute atomic E-state index is 0.174. The number of carbonyl (C=O) groups is 2. The molecule has 100 valence electrons. The van der Waals surface area contributed by atoms with Crippen molar-refractivity contribution >= 4 is 22.8 Å². The molecule has 1 aromatic carbocycles. The van der Waals surface area contributed by atoms with Gasteiger partial charge in [-0.2, -0.15) is 0 Å². The van der Waals surface area contributed by atoms with Crippen LogP contribution in [-0.4, -0.2) is 28.0 Å². The first-order valence-electron chi connectivity index (χ1n) is 6.07. The molecule has 5 heteroatoms. The van der Waals surface area contributed by atoms with Crippen LogP contribution < -0.4 is 5.32 Å². The average Bonchev–Trinajstić information content (AvgIpc) is 2.66.